The van der Waals surface area contributed by atoms with Gasteiger partial charge in [0.25, 0.3) is 0 Å². The summed E-state index contributed by atoms with van der Waals surface area (Å²) in [6.45, 7) is 1.48. The van der Waals surface area contributed by atoms with E-state index in [1.807, 2.05) is 0 Å². The smallest absolute Gasteiger partial charge is 0.393 e. The highest BCUT2D eigenvalue weighted by Crippen LogP contribution is 2.40. The van der Waals surface area contributed by atoms with E-state index in [0.29, 0.717) is 47.6 Å². The van der Waals surface area contributed by atoms with Crippen molar-refractivity contribution in [1.82, 2.24) is 25.8 Å². The van der Waals surface area contributed by atoms with Crippen molar-refractivity contribution in [3.8, 4) is 5.88 Å². The first-order valence-corrected chi connectivity index (χ1v) is 13.6. The predicted molar refractivity (Wildman–Crippen MR) is 156 cm³/mol. The van der Waals surface area contributed by atoms with Crippen molar-refractivity contribution in [3.63, 3.8) is 0 Å². The lowest BCUT2D eigenvalue weighted by Gasteiger charge is -2.19. The molecule has 2 aromatic heterocycles. The van der Waals surface area contributed by atoms with Crippen molar-refractivity contribution >= 4 is 28.0 Å². The fourth-order valence-electron chi connectivity index (χ4n) is 4.40. The van der Waals surface area contributed by atoms with E-state index in [9.17, 15) is 22.4 Å². The molecular formula is C31H31F4N5O3. The molecule has 1 amide bonds. The van der Waals surface area contributed by atoms with Crippen LogP contribution < -0.4 is 15.4 Å². The number of halogens is 4. The van der Waals surface area contributed by atoms with E-state index in [0.717, 1.165) is 0 Å². The van der Waals surface area contributed by atoms with Crippen LogP contribution in [0.15, 0.2) is 79.0 Å². The van der Waals surface area contributed by atoms with Crippen molar-refractivity contribution in [1.29, 1.82) is 0 Å². The second-order valence-corrected chi connectivity index (χ2v) is 9.47. The zero-order valence-corrected chi connectivity index (χ0v) is 23.1. The Morgan fingerprint density at radius 3 is 2.51 bits per heavy atom. The molecule has 0 bridgehead atoms. The van der Waals surface area contributed by atoms with Gasteiger partial charge in [0.2, 0.25) is 17.7 Å². The molecule has 0 aliphatic heterocycles. The van der Waals surface area contributed by atoms with Gasteiger partial charge in [-0.1, -0.05) is 42.5 Å². The second-order valence-electron chi connectivity index (χ2n) is 9.47. The molecule has 4 aromatic rings. The van der Waals surface area contributed by atoms with Crippen LogP contribution in [-0.4, -0.2) is 65.2 Å². The van der Waals surface area contributed by atoms with Gasteiger partial charge in [-0.05, 0) is 59.5 Å². The van der Waals surface area contributed by atoms with Crippen LogP contribution in [0, 0.1) is 5.95 Å². The molecule has 4 N–H and O–H groups in total. The molecule has 0 spiro atoms. The van der Waals surface area contributed by atoms with Gasteiger partial charge >= 0.3 is 6.18 Å². The zero-order chi connectivity index (χ0) is 30.7. The summed E-state index contributed by atoms with van der Waals surface area (Å²) in [6.07, 6.45) is -0.528. The van der Waals surface area contributed by atoms with Gasteiger partial charge in [0.05, 0.1) is 23.9 Å². The largest absolute Gasteiger partial charge is 0.476 e. The van der Waals surface area contributed by atoms with Crippen LogP contribution >= 0.6 is 0 Å². The van der Waals surface area contributed by atoms with Crippen LogP contribution in [-0.2, 0) is 4.79 Å². The molecule has 0 unspecified atom stereocenters. The van der Waals surface area contributed by atoms with E-state index in [-0.39, 0.29) is 42.2 Å². The third-order valence-corrected chi connectivity index (χ3v) is 6.32. The molecule has 0 aliphatic carbocycles. The molecule has 0 fully saturated rings. The number of amides is 1. The van der Waals surface area contributed by atoms with E-state index in [1.165, 1.54) is 18.3 Å². The fourth-order valence-corrected chi connectivity index (χ4v) is 4.40. The van der Waals surface area contributed by atoms with E-state index < -0.39 is 18.5 Å². The van der Waals surface area contributed by atoms with Gasteiger partial charge < -0.3 is 20.5 Å². The summed E-state index contributed by atoms with van der Waals surface area (Å²) in [5.74, 6) is -0.657. The highest BCUT2D eigenvalue weighted by molar-refractivity contribution is 6.00. The zero-order valence-electron chi connectivity index (χ0n) is 23.1. The number of pyridine rings is 1. The van der Waals surface area contributed by atoms with Gasteiger partial charge in [0.1, 0.15) is 6.61 Å². The number of H-pyrrole nitrogens is 1. The topological polar surface area (TPSA) is 112 Å². The summed E-state index contributed by atoms with van der Waals surface area (Å²) in [5, 5.41) is 20.7. The molecular weight excluding hydrogens is 566 g/mol. The second kappa shape index (κ2) is 15.1. The number of nitrogens with zero attached hydrogens (tertiary/aromatic N) is 2. The Kier molecular flexibility index (Phi) is 11.0. The van der Waals surface area contributed by atoms with Gasteiger partial charge in [0, 0.05) is 30.9 Å². The number of hydrogen-bond acceptors (Lipinski definition) is 6. The van der Waals surface area contributed by atoms with Gasteiger partial charge in [0.15, 0.2) is 0 Å². The van der Waals surface area contributed by atoms with Crippen molar-refractivity contribution in [2.24, 2.45) is 0 Å². The van der Waals surface area contributed by atoms with Crippen LogP contribution in [0.25, 0.3) is 22.0 Å². The summed E-state index contributed by atoms with van der Waals surface area (Å²) in [7, 11) is 0. The predicted octanol–water partition coefficient (Wildman–Crippen LogP) is 5.03. The van der Waals surface area contributed by atoms with E-state index in [2.05, 4.69) is 25.8 Å². The molecule has 2 heterocycles. The third-order valence-electron chi connectivity index (χ3n) is 6.32. The molecule has 8 nitrogen and oxygen atoms in total. The molecule has 43 heavy (non-hydrogen) atoms. The fraction of sp³-hybridized carbons (Fsp3) is 0.258. The minimum absolute atomic E-state index is 0.0240. The van der Waals surface area contributed by atoms with Crippen molar-refractivity contribution in [2.75, 3.05) is 32.8 Å². The number of allylic oxidation sites excluding steroid dienone is 1. The van der Waals surface area contributed by atoms with Crippen LogP contribution in [0.5, 0.6) is 5.88 Å². The van der Waals surface area contributed by atoms with E-state index in [1.54, 1.807) is 60.7 Å². The molecule has 0 atom stereocenters. The van der Waals surface area contributed by atoms with Crippen molar-refractivity contribution in [2.45, 2.75) is 19.0 Å². The number of benzene rings is 2. The Morgan fingerprint density at radius 2 is 1.79 bits per heavy atom. The van der Waals surface area contributed by atoms with Gasteiger partial charge in [-0.25, -0.2) is 4.98 Å². The average molecular weight is 598 g/mol. The van der Waals surface area contributed by atoms with Gasteiger partial charge in [-0.3, -0.25) is 9.89 Å². The summed E-state index contributed by atoms with van der Waals surface area (Å²) in [6, 6.07) is 16.1. The number of ether oxygens (including phenoxy) is 1. The van der Waals surface area contributed by atoms with Crippen LogP contribution in [0.1, 0.15) is 29.5 Å². The molecule has 2 aromatic carbocycles. The number of carbonyl (C=O) groups excluding carboxylic acids is 1. The van der Waals surface area contributed by atoms with Crippen LogP contribution in [0.2, 0.25) is 0 Å². The summed E-state index contributed by atoms with van der Waals surface area (Å²) in [4.78, 5) is 15.8. The Hall–Kier alpha value is -4.55. The lowest BCUT2D eigenvalue weighted by molar-refractivity contribution is -0.123. The maximum absolute atomic E-state index is 14.4. The van der Waals surface area contributed by atoms with Crippen molar-refractivity contribution < 1.29 is 32.2 Å². The molecule has 226 valence electrons. The minimum Gasteiger partial charge on any atom is -0.476 e. The highest BCUT2D eigenvalue weighted by atomic mass is 19.4. The van der Waals surface area contributed by atoms with Crippen LogP contribution in [0.4, 0.5) is 17.6 Å². The number of fused-ring (bicyclic) bond motifs is 1. The Balaban J connectivity index is 1.51. The number of alkyl halides is 3. The van der Waals surface area contributed by atoms with Crippen molar-refractivity contribution in [3.05, 3.63) is 102 Å². The minimum atomic E-state index is -4.51. The quantitative estimate of drug-likeness (QED) is 0.0702. The Bertz CT molecular complexity index is 1550. The summed E-state index contributed by atoms with van der Waals surface area (Å²) < 4.78 is 61.7. The number of aliphatic hydroxyl groups excluding tert-OH is 1. The first-order valence-electron chi connectivity index (χ1n) is 13.6. The summed E-state index contributed by atoms with van der Waals surface area (Å²) >= 11 is 0. The standard InChI is InChI=1S/C31H31F4N5O3/c32-30-24-18-22(9-11-26(24)39-40-30)29(25(19-31(33,34)35)21-6-2-1-3-7-21)23-10-12-28(38-20-23)43-17-15-36-13-5-4-8-27(42)37-14-16-41/h1-4,6-12,18,20,36,41H,5,13-17,19H2,(H,37,42)(H,39,40)/b8-4+,29-25-. The first-order chi connectivity index (χ1) is 20.7. The summed E-state index contributed by atoms with van der Waals surface area (Å²) in [5.41, 5.74) is 1.82. The van der Waals surface area contributed by atoms with E-state index >= 15 is 0 Å². The van der Waals surface area contributed by atoms with E-state index in [4.69, 9.17) is 9.84 Å². The highest BCUT2D eigenvalue weighted by Gasteiger charge is 2.31. The number of carbonyl (C=O) groups is 1. The third kappa shape index (κ3) is 9.22. The number of aromatic nitrogens is 3. The molecule has 12 heteroatoms. The van der Waals surface area contributed by atoms with Gasteiger partial charge in [-0.2, -0.15) is 22.7 Å². The Labute approximate surface area is 245 Å². The molecule has 0 saturated heterocycles. The number of aromatic amines is 1. The number of rotatable bonds is 14. The average Bonchev–Trinajstić information content (AvgIpc) is 3.37. The number of hydrogen-bond donors (Lipinski definition) is 4. The maximum Gasteiger partial charge on any atom is 0.393 e. The number of nitrogens with one attached hydrogen (secondary N) is 3. The maximum atomic E-state index is 14.4. The monoisotopic (exact) mass is 597 g/mol. The SMILES string of the molecule is O=C(/C=C/CCNCCOc1ccc(/C(=C(/CC(F)(F)F)c2ccccc2)c2ccc3n[nH]c(F)c3c2)cn1)NCCO. The first kappa shape index (κ1) is 31.4. The lowest BCUT2D eigenvalue weighted by Crippen LogP contribution is -2.24. The van der Waals surface area contributed by atoms with Gasteiger partial charge in [-0.15, -0.1) is 0 Å². The number of aliphatic hydroxyl groups is 1. The lowest BCUT2D eigenvalue weighted by atomic mass is 9.88. The normalized spacial score (nSPS) is 12.5. The Morgan fingerprint density at radius 1 is 1.00 bits per heavy atom. The molecule has 4 rings (SSSR count). The molecule has 0 aliphatic rings. The van der Waals surface area contributed by atoms with Crippen LogP contribution in [0.3, 0.4) is 0 Å². The molecule has 0 radical (unpaired) electrons. The molecule has 0 saturated carbocycles.